The molecule has 0 aromatic heterocycles. The van der Waals surface area contributed by atoms with Crippen molar-refractivity contribution in [1.29, 1.82) is 0 Å². The third-order valence-electron chi connectivity index (χ3n) is 4.69. The zero-order valence-corrected chi connectivity index (χ0v) is 10.9. The summed E-state index contributed by atoms with van der Waals surface area (Å²) in [5.74, 6) is 0.670. The molecule has 1 heterocycles. The highest BCUT2D eigenvalue weighted by atomic mass is 16.3. The van der Waals surface area contributed by atoms with Crippen LogP contribution in [0, 0.1) is 0 Å². The van der Waals surface area contributed by atoms with E-state index >= 15 is 0 Å². The van der Waals surface area contributed by atoms with E-state index in [2.05, 4.69) is 11.8 Å². The second-order valence-electron chi connectivity index (χ2n) is 5.48. The molecule has 1 fully saturated rings. The number of nitrogens with zero attached hydrogens (tertiary/aromatic N) is 1. The molecule has 3 rings (SSSR count). The fourth-order valence-electron chi connectivity index (χ4n) is 3.81. The minimum Gasteiger partial charge on any atom is -0.504 e. The summed E-state index contributed by atoms with van der Waals surface area (Å²) in [6.07, 6.45) is 4.42. The van der Waals surface area contributed by atoms with Gasteiger partial charge in [-0.25, -0.2) is 0 Å². The number of likely N-dealkylation sites (tertiary alicyclic amines) is 1. The molecule has 0 amide bonds. The van der Waals surface area contributed by atoms with Crippen LogP contribution in [0.1, 0.15) is 43.2 Å². The Kier molecular flexibility index (Phi) is 2.94. The minimum atomic E-state index is 0.0235. The SMILES string of the molecule is CCN1CCC[C@@H]2c3ccc(O)c(O)c3CC[C@H]21. The lowest BCUT2D eigenvalue weighted by Crippen LogP contribution is -2.46. The van der Waals surface area contributed by atoms with Crippen LogP contribution in [-0.2, 0) is 6.42 Å². The van der Waals surface area contributed by atoms with E-state index in [0.717, 1.165) is 24.9 Å². The quantitative estimate of drug-likeness (QED) is 0.750. The zero-order valence-electron chi connectivity index (χ0n) is 10.9. The van der Waals surface area contributed by atoms with Gasteiger partial charge in [0.15, 0.2) is 11.5 Å². The van der Waals surface area contributed by atoms with Crippen LogP contribution in [0.3, 0.4) is 0 Å². The van der Waals surface area contributed by atoms with Gasteiger partial charge in [-0.05, 0) is 56.3 Å². The molecule has 1 aliphatic carbocycles. The molecule has 3 heteroatoms. The molecule has 1 aliphatic heterocycles. The molecule has 2 N–H and O–H groups in total. The van der Waals surface area contributed by atoms with Crippen molar-refractivity contribution in [3.63, 3.8) is 0 Å². The van der Waals surface area contributed by atoms with Crippen molar-refractivity contribution in [3.05, 3.63) is 23.3 Å². The average Bonchev–Trinajstić information content (AvgIpc) is 2.41. The van der Waals surface area contributed by atoms with Gasteiger partial charge in [-0.3, -0.25) is 0 Å². The monoisotopic (exact) mass is 247 g/mol. The molecule has 2 atom stereocenters. The predicted octanol–water partition coefficient (Wildman–Crippen LogP) is 2.61. The molecule has 1 saturated heterocycles. The maximum atomic E-state index is 9.99. The molecule has 1 aromatic rings. The van der Waals surface area contributed by atoms with Crippen molar-refractivity contribution < 1.29 is 10.2 Å². The molecule has 2 aliphatic rings. The molecule has 0 spiro atoms. The van der Waals surface area contributed by atoms with Crippen molar-refractivity contribution in [2.75, 3.05) is 13.1 Å². The third kappa shape index (κ3) is 1.69. The van der Waals surface area contributed by atoms with Gasteiger partial charge in [0.05, 0.1) is 0 Å². The summed E-state index contributed by atoms with van der Waals surface area (Å²) < 4.78 is 0. The summed E-state index contributed by atoms with van der Waals surface area (Å²) in [7, 11) is 0. The van der Waals surface area contributed by atoms with E-state index in [1.165, 1.54) is 24.9 Å². The topological polar surface area (TPSA) is 43.7 Å². The largest absolute Gasteiger partial charge is 0.504 e. The van der Waals surface area contributed by atoms with Crippen molar-refractivity contribution in [1.82, 2.24) is 4.90 Å². The molecule has 98 valence electrons. The van der Waals surface area contributed by atoms with Crippen LogP contribution in [0.15, 0.2) is 12.1 Å². The van der Waals surface area contributed by atoms with E-state index in [0.29, 0.717) is 12.0 Å². The number of piperidine rings is 1. The van der Waals surface area contributed by atoms with Crippen LogP contribution in [0.25, 0.3) is 0 Å². The lowest BCUT2D eigenvalue weighted by Gasteiger charge is -2.44. The Morgan fingerprint density at radius 3 is 2.89 bits per heavy atom. The average molecular weight is 247 g/mol. The highest BCUT2D eigenvalue weighted by Crippen LogP contribution is 2.45. The number of hydrogen-bond acceptors (Lipinski definition) is 3. The maximum Gasteiger partial charge on any atom is 0.160 e. The van der Waals surface area contributed by atoms with Gasteiger partial charge in [-0.15, -0.1) is 0 Å². The van der Waals surface area contributed by atoms with E-state index in [-0.39, 0.29) is 11.5 Å². The Labute approximate surface area is 108 Å². The van der Waals surface area contributed by atoms with Gasteiger partial charge in [0, 0.05) is 11.6 Å². The first-order chi connectivity index (χ1) is 8.72. The van der Waals surface area contributed by atoms with Gasteiger partial charge in [0.25, 0.3) is 0 Å². The summed E-state index contributed by atoms with van der Waals surface area (Å²) in [5.41, 5.74) is 2.24. The first-order valence-corrected chi connectivity index (χ1v) is 7.00. The second-order valence-corrected chi connectivity index (χ2v) is 5.48. The van der Waals surface area contributed by atoms with Crippen molar-refractivity contribution in [2.45, 2.75) is 44.6 Å². The van der Waals surface area contributed by atoms with Crippen LogP contribution in [0.5, 0.6) is 11.5 Å². The number of fused-ring (bicyclic) bond motifs is 3. The molecule has 1 aromatic carbocycles. The van der Waals surface area contributed by atoms with E-state index in [1.807, 2.05) is 6.07 Å². The summed E-state index contributed by atoms with van der Waals surface area (Å²) in [6.45, 7) is 4.55. The Hall–Kier alpha value is -1.22. The molecule has 0 saturated carbocycles. The zero-order chi connectivity index (χ0) is 12.7. The number of phenols is 2. The highest BCUT2D eigenvalue weighted by Gasteiger charge is 2.36. The van der Waals surface area contributed by atoms with Crippen LogP contribution < -0.4 is 0 Å². The maximum absolute atomic E-state index is 9.99. The van der Waals surface area contributed by atoms with E-state index in [1.54, 1.807) is 6.07 Å². The number of benzene rings is 1. The molecule has 0 bridgehead atoms. The first kappa shape index (κ1) is 11.8. The smallest absolute Gasteiger partial charge is 0.160 e. The summed E-state index contributed by atoms with van der Waals surface area (Å²) >= 11 is 0. The van der Waals surface area contributed by atoms with Crippen LogP contribution in [0.2, 0.25) is 0 Å². The van der Waals surface area contributed by atoms with Crippen molar-refractivity contribution in [3.8, 4) is 11.5 Å². The Morgan fingerprint density at radius 2 is 2.11 bits per heavy atom. The van der Waals surface area contributed by atoms with Crippen LogP contribution in [0.4, 0.5) is 0 Å². The van der Waals surface area contributed by atoms with E-state index < -0.39 is 0 Å². The lowest BCUT2D eigenvalue weighted by atomic mass is 9.74. The van der Waals surface area contributed by atoms with Crippen LogP contribution >= 0.6 is 0 Å². The molecular formula is C15H21NO2. The Morgan fingerprint density at radius 1 is 1.28 bits per heavy atom. The second kappa shape index (κ2) is 4.47. The number of rotatable bonds is 1. The first-order valence-electron chi connectivity index (χ1n) is 7.00. The normalized spacial score (nSPS) is 27.6. The summed E-state index contributed by atoms with van der Waals surface area (Å²) in [4.78, 5) is 2.57. The number of phenolic OH excluding ortho intramolecular Hbond substituents is 2. The van der Waals surface area contributed by atoms with Gasteiger partial charge in [-0.1, -0.05) is 13.0 Å². The van der Waals surface area contributed by atoms with Crippen molar-refractivity contribution in [2.24, 2.45) is 0 Å². The molecule has 0 unspecified atom stereocenters. The van der Waals surface area contributed by atoms with Gasteiger partial charge >= 0.3 is 0 Å². The van der Waals surface area contributed by atoms with Gasteiger partial charge in [0.2, 0.25) is 0 Å². The van der Waals surface area contributed by atoms with Crippen molar-refractivity contribution >= 4 is 0 Å². The van der Waals surface area contributed by atoms with Gasteiger partial charge in [0.1, 0.15) is 0 Å². The highest BCUT2D eigenvalue weighted by molar-refractivity contribution is 5.51. The van der Waals surface area contributed by atoms with Crippen LogP contribution in [-0.4, -0.2) is 34.2 Å². The van der Waals surface area contributed by atoms with E-state index in [4.69, 9.17) is 0 Å². The third-order valence-corrected chi connectivity index (χ3v) is 4.69. The molecule has 0 radical (unpaired) electrons. The predicted molar refractivity (Wildman–Crippen MR) is 71.1 cm³/mol. The van der Waals surface area contributed by atoms with Gasteiger partial charge < -0.3 is 15.1 Å². The number of aromatic hydroxyl groups is 2. The van der Waals surface area contributed by atoms with Gasteiger partial charge in [-0.2, -0.15) is 0 Å². The Bertz CT molecular complexity index is 458. The molecule has 18 heavy (non-hydrogen) atoms. The summed E-state index contributed by atoms with van der Waals surface area (Å²) in [5, 5.41) is 19.6. The number of likely N-dealkylation sites (N-methyl/N-ethyl adjacent to an activating group) is 1. The molecule has 3 nitrogen and oxygen atoms in total. The number of hydrogen-bond donors (Lipinski definition) is 2. The fraction of sp³-hybridized carbons (Fsp3) is 0.600. The van der Waals surface area contributed by atoms with E-state index in [9.17, 15) is 10.2 Å². The Balaban J connectivity index is 2.00. The fourth-order valence-corrected chi connectivity index (χ4v) is 3.81. The standard InChI is InChI=1S/C15H21NO2/c1-2-16-9-3-4-11-10-6-8-14(17)15(18)12(10)5-7-13(11)16/h6,8,11,13,17-18H,2-5,7,9H2,1H3/t11-,13-/m1/s1. The lowest BCUT2D eigenvalue weighted by molar-refractivity contribution is 0.118. The minimum absolute atomic E-state index is 0.0235. The summed E-state index contributed by atoms with van der Waals surface area (Å²) in [6, 6.07) is 4.28. The molecular weight excluding hydrogens is 226 g/mol.